The zero-order chi connectivity index (χ0) is 11.5. The second-order valence-corrected chi connectivity index (χ2v) is 4.13. The molecular formula is C10H18N2O3. The Balaban J connectivity index is 2.42. The Morgan fingerprint density at radius 3 is 2.53 bits per heavy atom. The summed E-state index contributed by atoms with van der Waals surface area (Å²) in [5.74, 6) is -1.12. The number of carbonyl (C=O) groups is 2. The van der Waals surface area contributed by atoms with E-state index in [1.165, 1.54) is 0 Å². The Morgan fingerprint density at radius 1 is 1.53 bits per heavy atom. The molecule has 0 aromatic rings. The van der Waals surface area contributed by atoms with Crippen LogP contribution >= 0.6 is 0 Å². The smallest absolute Gasteiger partial charge is 0.332 e. The van der Waals surface area contributed by atoms with Crippen molar-refractivity contribution in [3.8, 4) is 0 Å². The topological polar surface area (TPSA) is 81.4 Å². The predicted octanol–water partition coefficient (Wildman–Crippen LogP) is -0.0644. The van der Waals surface area contributed by atoms with Crippen LogP contribution < -0.4 is 11.1 Å². The van der Waals surface area contributed by atoms with E-state index in [2.05, 4.69) is 10.1 Å². The molecule has 0 heterocycles. The highest BCUT2D eigenvalue weighted by Crippen LogP contribution is 2.30. The van der Waals surface area contributed by atoms with Gasteiger partial charge in [0.05, 0.1) is 6.61 Å². The molecule has 0 aliphatic heterocycles. The third kappa shape index (κ3) is 2.92. The summed E-state index contributed by atoms with van der Waals surface area (Å²) in [5, 5.41) is 2.77. The quantitative estimate of drug-likeness (QED) is 0.507. The van der Waals surface area contributed by atoms with Crippen molar-refractivity contribution in [3.63, 3.8) is 0 Å². The molecule has 1 aliphatic rings. The lowest BCUT2D eigenvalue weighted by Crippen LogP contribution is -2.57. The summed E-state index contributed by atoms with van der Waals surface area (Å²) in [4.78, 5) is 22.7. The van der Waals surface area contributed by atoms with Crippen molar-refractivity contribution in [2.45, 2.75) is 44.7 Å². The molecule has 1 atom stereocenters. The normalized spacial score (nSPS) is 19.9. The summed E-state index contributed by atoms with van der Waals surface area (Å²) in [6.07, 6.45) is 2.98. The second kappa shape index (κ2) is 4.61. The average Bonchev–Trinajstić information content (AvgIpc) is 2.14. The molecule has 15 heavy (non-hydrogen) atoms. The van der Waals surface area contributed by atoms with Crippen molar-refractivity contribution in [1.29, 1.82) is 0 Å². The minimum Gasteiger partial charge on any atom is -0.464 e. The highest BCUT2D eigenvalue weighted by molar-refractivity contribution is 6.01. The second-order valence-electron chi connectivity index (χ2n) is 4.13. The summed E-state index contributed by atoms with van der Waals surface area (Å²) in [7, 11) is 0. The Kier molecular flexibility index (Phi) is 3.68. The van der Waals surface area contributed by atoms with Crippen molar-refractivity contribution < 1.29 is 14.3 Å². The van der Waals surface area contributed by atoms with Gasteiger partial charge in [0.25, 0.3) is 0 Å². The van der Waals surface area contributed by atoms with E-state index in [9.17, 15) is 9.59 Å². The van der Waals surface area contributed by atoms with Crippen LogP contribution in [0.5, 0.6) is 0 Å². The minimum absolute atomic E-state index is 0.179. The van der Waals surface area contributed by atoms with Gasteiger partial charge in [-0.25, -0.2) is 4.79 Å². The van der Waals surface area contributed by atoms with E-state index in [0.29, 0.717) is 0 Å². The van der Waals surface area contributed by atoms with E-state index in [-0.39, 0.29) is 12.1 Å². The van der Waals surface area contributed by atoms with Gasteiger partial charge in [0.15, 0.2) is 6.04 Å². The molecule has 5 heteroatoms. The van der Waals surface area contributed by atoms with Crippen LogP contribution in [0.2, 0.25) is 0 Å². The van der Waals surface area contributed by atoms with Crippen molar-refractivity contribution in [3.05, 3.63) is 0 Å². The largest absolute Gasteiger partial charge is 0.464 e. The van der Waals surface area contributed by atoms with E-state index in [1.807, 2.05) is 6.92 Å². The Morgan fingerprint density at radius 2 is 2.13 bits per heavy atom. The first-order valence-corrected chi connectivity index (χ1v) is 5.23. The van der Waals surface area contributed by atoms with Crippen LogP contribution in [0.3, 0.4) is 0 Å². The lowest BCUT2D eigenvalue weighted by atomic mass is 9.78. The van der Waals surface area contributed by atoms with Gasteiger partial charge in [-0.05, 0) is 33.1 Å². The molecule has 3 N–H and O–H groups in total. The summed E-state index contributed by atoms with van der Waals surface area (Å²) < 4.78 is 4.67. The lowest BCUT2D eigenvalue weighted by molar-refractivity contribution is -0.148. The zero-order valence-electron chi connectivity index (χ0n) is 9.21. The number of esters is 1. The van der Waals surface area contributed by atoms with Gasteiger partial charge in [-0.1, -0.05) is 0 Å². The molecule has 86 valence electrons. The molecule has 0 spiro atoms. The molecule has 0 aromatic heterocycles. The fraction of sp³-hybridized carbons (Fsp3) is 0.800. The number of rotatable bonds is 4. The van der Waals surface area contributed by atoms with Gasteiger partial charge in [-0.15, -0.1) is 0 Å². The van der Waals surface area contributed by atoms with E-state index in [1.54, 1.807) is 6.92 Å². The van der Waals surface area contributed by atoms with Crippen LogP contribution in [0.15, 0.2) is 0 Å². The first-order valence-electron chi connectivity index (χ1n) is 5.23. The van der Waals surface area contributed by atoms with Crippen LogP contribution in [0, 0.1) is 0 Å². The summed E-state index contributed by atoms with van der Waals surface area (Å²) in [5.41, 5.74) is 5.27. The monoisotopic (exact) mass is 214 g/mol. The molecule has 0 aromatic carbocycles. The molecule has 1 saturated carbocycles. The maximum atomic E-state index is 11.5. The molecule has 1 fully saturated rings. The summed E-state index contributed by atoms with van der Waals surface area (Å²) in [6.45, 7) is 3.86. The van der Waals surface area contributed by atoms with Crippen molar-refractivity contribution in [2.75, 3.05) is 6.61 Å². The Labute approximate surface area is 89.3 Å². The van der Waals surface area contributed by atoms with Crippen LogP contribution in [0.1, 0.15) is 33.1 Å². The highest BCUT2D eigenvalue weighted by atomic mass is 16.5. The van der Waals surface area contributed by atoms with E-state index < -0.39 is 17.9 Å². The molecule has 1 rings (SSSR count). The maximum Gasteiger partial charge on any atom is 0.332 e. The molecule has 1 unspecified atom stereocenters. The van der Waals surface area contributed by atoms with Crippen molar-refractivity contribution >= 4 is 11.9 Å². The van der Waals surface area contributed by atoms with Crippen LogP contribution in [-0.4, -0.2) is 30.1 Å². The lowest BCUT2D eigenvalue weighted by Gasteiger charge is -2.39. The molecule has 1 amide bonds. The van der Waals surface area contributed by atoms with Gasteiger partial charge in [-0.2, -0.15) is 0 Å². The van der Waals surface area contributed by atoms with Crippen molar-refractivity contribution in [2.24, 2.45) is 5.73 Å². The number of carbonyl (C=O) groups excluding carboxylic acids is 2. The molecule has 1 aliphatic carbocycles. The maximum absolute atomic E-state index is 11.5. The Hall–Kier alpha value is -1.10. The number of hydrogen-bond donors (Lipinski definition) is 2. The van der Waals surface area contributed by atoms with Crippen LogP contribution in [0.4, 0.5) is 0 Å². The Bertz CT molecular complexity index is 261. The molecule has 0 saturated heterocycles. The molecular weight excluding hydrogens is 196 g/mol. The van der Waals surface area contributed by atoms with E-state index in [0.717, 1.165) is 19.3 Å². The molecule has 0 bridgehead atoms. The van der Waals surface area contributed by atoms with Crippen molar-refractivity contribution in [1.82, 2.24) is 5.32 Å². The standard InChI is InChI=1S/C10H18N2O3/c1-3-15-9(14)7(11)8(13)12-10(2)5-4-6-10/h7H,3-6,11H2,1-2H3,(H,12,13). The highest BCUT2D eigenvalue weighted by Gasteiger charge is 2.36. The number of hydrogen-bond acceptors (Lipinski definition) is 4. The number of amides is 1. The third-order valence-electron chi connectivity index (χ3n) is 2.71. The first kappa shape index (κ1) is 12.0. The summed E-state index contributed by atoms with van der Waals surface area (Å²) in [6, 6.07) is -1.21. The number of nitrogens with one attached hydrogen (secondary N) is 1. The minimum atomic E-state index is -1.21. The first-order chi connectivity index (χ1) is 6.98. The number of ether oxygens (including phenoxy) is 1. The third-order valence-corrected chi connectivity index (χ3v) is 2.71. The zero-order valence-corrected chi connectivity index (χ0v) is 9.21. The SMILES string of the molecule is CCOC(=O)C(N)C(=O)NC1(C)CCC1. The van der Waals surface area contributed by atoms with Gasteiger partial charge >= 0.3 is 5.97 Å². The van der Waals surface area contributed by atoms with E-state index >= 15 is 0 Å². The van der Waals surface area contributed by atoms with Gasteiger partial charge in [-0.3, -0.25) is 4.79 Å². The predicted molar refractivity (Wildman–Crippen MR) is 55.0 cm³/mol. The fourth-order valence-corrected chi connectivity index (χ4v) is 1.55. The molecule has 0 radical (unpaired) electrons. The van der Waals surface area contributed by atoms with Gasteiger partial charge < -0.3 is 15.8 Å². The van der Waals surface area contributed by atoms with Crippen LogP contribution in [-0.2, 0) is 14.3 Å². The van der Waals surface area contributed by atoms with Gasteiger partial charge in [0, 0.05) is 5.54 Å². The fourth-order valence-electron chi connectivity index (χ4n) is 1.55. The van der Waals surface area contributed by atoms with E-state index in [4.69, 9.17) is 5.73 Å². The number of nitrogens with two attached hydrogens (primary N) is 1. The average molecular weight is 214 g/mol. The van der Waals surface area contributed by atoms with Crippen LogP contribution in [0.25, 0.3) is 0 Å². The van der Waals surface area contributed by atoms with Gasteiger partial charge in [0.1, 0.15) is 0 Å². The molecule has 5 nitrogen and oxygen atoms in total. The van der Waals surface area contributed by atoms with Gasteiger partial charge in [0.2, 0.25) is 5.91 Å². The summed E-state index contributed by atoms with van der Waals surface area (Å²) >= 11 is 0.